The van der Waals surface area contributed by atoms with E-state index in [0.717, 1.165) is 26.1 Å². The van der Waals surface area contributed by atoms with Crippen LogP contribution in [-0.4, -0.2) is 76.3 Å². The van der Waals surface area contributed by atoms with Crippen molar-refractivity contribution in [3.05, 3.63) is 0 Å². The average molecular weight is 318 g/mol. The summed E-state index contributed by atoms with van der Waals surface area (Å²) in [6.07, 6.45) is 3.36. The highest BCUT2D eigenvalue weighted by molar-refractivity contribution is 7.89. The highest BCUT2D eigenvalue weighted by atomic mass is 32.2. The van der Waals surface area contributed by atoms with Crippen molar-refractivity contribution in [1.29, 1.82) is 0 Å². The molecule has 0 aromatic rings. The minimum Gasteiger partial charge on any atom is -0.337 e. The number of hydrogen-bond acceptors (Lipinski definition) is 4. The molecule has 0 spiro atoms. The highest BCUT2D eigenvalue weighted by Gasteiger charge is 2.35. The predicted octanol–water partition coefficient (Wildman–Crippen LogP) is -0.339. The van der Waals surface area contributed by atoms with Gasteiger partial charge >= 0.3 is 6.03 Å². The number of hydrogen-bond donors (Lipinski definition) is 2. The molecule has 7 nitrogen and oxygen atoms in total. The molecule has 2 atom stereocenters. The second kappa shape index (κ2) is 6.93. The van der Waals surface area contributed by atoms with Crippen molar-refractivity contribution < 1.29 is 13.2 Å². The quantitative estimate of drug-likeness (QED) is 0.743. The number of rotatable bonds is 4. The van der Waals surface area contributed by atoms with Crippen molar-refractivity contribution in [2.45, 2.75) is 25.3 Å². The van der Waals surface area contributed by atoms with Crippen LogP contribution in [0.4, 0.5) is 4.79 Å². The molecule has 8 heteroatoms. The Morgan fingerprint density at radius 2 is 2.05 bits per heavy atom. The van der Waals surface area contributed by atoms with E-state index in [-0.39, 0.29) is 18.3 Å². The lowest BCUT2D eigenvalue weighted by molar-refractivity contribution is 0.0517. The van der Waals surface area contributed by atoms with Crippen LogP contribution < -0.4 is 10.0 Å². The normalized spacial score (nSPS) is 27.2. The zero-order valence-electron chi connectivity index (χ0n) is 12.8. The molecule has 0 unspecified atom stereocenters. The van der Waals surface area contributed by atoms with Crippen LogP contribution in [0.3, 0.4) is 0 Å². The second-order valence-corrected chi connectivity index (χ2v) is 7.99. The molecule has 0 aromatic heterocycles. The molecule has 0 saturated carbocycles. The first kappa shape index (κ1) is 16.5. The van der Waals surface area contributed by atoms with Crippen LogP contribution in [0.2, 0.25) is 0 Å². The number of sulfonamides is 1. The van der Waals surface area contributed by atoms with Gasteiger partial charge in [0.25, 0.3) is 0 Å². The molecule has 0 aliphatic carbocycles. The van der Waals surface area contributed by atoms with Gasteiger partial charge in [0.1, 0.15) is 0 Å². The summed E-state index contributed by atoms with van der Waals surface area (Å²) >= 11 is 0. The van der Waals surface area contributed by atoms with Crippen LogP contribution >= 0.6 is 0 Å². The number of likely N-dealkylation sites (tertiary alicyclic amines) is 2. The van der Waals surface area contributed by atoms with Gasteiger partial charge in [-0.15, -0.1) is 0 Å². The third-order valence-corrected chi connectivity index (χ3v) is 5.95. The van der Waals surface area contributed by atoms with Gasteiger partial charge in [-0.3, -0.25) is 0 Å². The summed E-state index contributed by atoms with van der Waals surface area (Å²) in [4.78, 5) is 16.3. The van der Waals surface area contributed by atoms with Crippen molar-refractivity contribution >= 4 is 16.1 Å². The van der Waals surface area contributed by atoms with Crippen molar-refractivity contribution in [2.24, 2.45) is 5.92 Å². The van der Waals surface area contributed by atoms with E-state index < -0.39 is 10.0 Å². The van der Waals surface area contributed by atoms with Crippen molar-refractivity contribution in [2.75, 3.05) is 46.0 Å². The van der Waals surface area contributed by atoms with Gasteiger partial charge in [-0.25, -0.2) is 17.9 Å². The van der Waals surface area contributed by atoms with E-state index in [0.29, 0.717) is 12.0 Å². The van der Waals surface area contributed by atoms with Gasteiger partial charge < -0.3 is 15.1 Å². The molecular formula is C13H26N4O3S. The molecule has 0 bridgehead atoms. The summed E-state index contributed by atoms with van der Waals surface area (Å²) in [5.41, 5.74) is 0. The zero-order valence-corrected chi connectivity index (χ0v) is 13.7. The number of nitrogens with one attached hydrogen (secondary N) is 2. The number of nitrogens with zero attached hydrogens (tertiary/aromatic N) is 2. The summed E-state index contributed by atoms with van der Waals surface area (Å²) in [6, 6.07) is 0.445. The number of piperidine rings is 2. The SMILES string of the molecule is CNS(=O)(=O)CCNC(=O)N1CC[C@H]2[C@@H](CCCN2C)C1. The Balaban J connectivity index is 1.79. The first-order valence-corrected chi connectivity index (χ1v) is 9.22. The summed E-state index contributed by atoms with van der Waals surface area (Å²) in [5, 5.41) is 2.70. The topological polar surface area (TPSA) is 81.8 Å². The van der Waals surface area contributed by atoms with Crippen LogP contribution in [0.1, 0.15) is 19.3 Å². The van der Waals surface area contributed by atoms with Crippen molar-refractivity contribution in [1.82, 2.24) is 19.8 Å². The summed E-state index contributed by atoms with van der Waals surface area (Å²) in [5.74, 6) is 0.460. The Bertz CT molecular complexity index is 468. The van der Waals surface area contributed by atoms with Crippen LogP contribution in [0.5, 0.6) is 0 Å². The van der Waals surface area contributed by atoms with Crippen LogP contribution in [0.25, 0.3) is 0 Å². The number of urea groups is 1. The Morgan fingerprint density at radius 1 is 1.29 bits per heavy atom. The Kier molecular flexibility index (Phi) is 5.45. The molecular weight excluding hydrogens is 292 g/mol. The number of carbonyl (C=O) groups is 1. The van der Waals surface area contributed by atoms with Crippen molar-refractivity contribution in [3.8, 4) is 0 Å². The van der Waals surface area contributed by atoms with Gasteiger partial charge in [-0.1, -0.05) is 0 Å². The standard InChI is InChI=1S/C13H26N4O3S/c1-14-21(19,20)9-6-15-13(18)17-8-5-12-11(10-17)4-3-7-16(12)2/h11-12,14H,3-10H2,1-2H3,(H,15,18)/t11-,12-/m0/s1. The minimum atomic E-state index is -3.26. The maximum Gasteiger partial charge on any atom is 0.317 e. The molecule has 2 amide bonds. The Labute approximate surface area is 127 Å². The lowest BCUT2D eigenvalue weighted by atomic mass is 9.84. The van der Waals surface area contributed by atoms with Gasteiger partial charge in [0.05, 0.1) is 5.75 Å². The third kappa shape index (κ3) is 4.31. The first-order chi connectivity index (χ1) is 9.93. The number of fused-ring (bicyclic) bond motifs is 1. The largest absolute Gasteiger partial charge is 0.337 e. The van der Waals surface area contributed by atoms with Gasteiger partial charge in [-0.05, 0) is 45.8 Å². The fourth-order valence-electron chi connectivity index (χ4n) is 3.34. The van der Waals surface area contributed by atoms with Gasteiger partial charge in [-0.2, -0.15) is 0 Å². The van der Waals surface area contributed by atoms with E-state index in [1.54, 1.807) is 0 Å². The molecule has 21 heavy (non-hydrogen) atoms. The predicted molar refractivity (Wildman–Crippen MR) is 81.6 cm³/mol. The van der Waals surface area contributed by atoms with E-state index >= 15 is 0 Å². The monoisotopic (exact) mass is 318 g/mol. The Hall–Kier alpha value is -0.860. The fourth-order valence-corrected chi connectivity index (χ4v) is 3.92. The summed E-state index contributed by atoms with van der Waals surface area (Å²) in [6.45, 7) is 2.82. The lowest BCUT2D eigenvalue weighted by Crippen LogP contribution is -2.55. The molecule has 2 saturated heterocycles. The van der Waals surface area contributed by atoms with Crippen LogP contribution in [0, 0.1) is 5.92 Å². The third-order valence-electron chi connectivity index (χ3n) is 4.59. The molecule has 2 aliphatic rings. The molecule has 2 aliphatic heterocycles. The maximum atomic E-state index is 12.1. The second-order valence-electron chi connectivity index (χ2n) is 5.94. The lowest BCUT2D eigenvalue weighted by Gasteiger charge is -2.45. The average Bonchev–Trinajstić information content (AvgIpc) is 2.47. The molecule has 122 valence electrons. The smallest absolute Gasteiger partial charge is 0.317 e. The van der Waals surface area contributed by atoms with E-state index in [2.05, 4.69) is 22.0 Å². The van der Waals surface area contributed by atoms with E-state index in [9.17, 15) is 13.2 Å². The van der Waals surface area contributed by atoms with E-state index in [1.165, 1.54) is 19.9 Å². The van der Waals surface area contributed by atoms with Gasteiger partial charge in [0, 0.05) is 25.7 Å². The van der Waals surface area contributed by atoms with E-state index in [1.807, 2.05) is 4.90 Å². The molecule has 2 fully saturated rings. The van der Waals surface area contributed by atoms with Gasteiger partial charge in [0.2, 0.25) is 10.0 Å². The Morgan fingerprint density at radius 3 is 2.76 bits per heavy atom. The highest BCUT2D eigenvalue weighted by Crippen LogP contribution is 2.29. The summed E-state index contributed by atoms with van der Waals surface area (Å²) in [7, 11) is 0.276. The zero-order chi connectivity index (χ0) is 15.5. The fraction of sp³-hybridized carbons (Fsp3) is 0.923. The molecule has 2 rings (SSSR count). The number of carbonyl (C=O) groups excluding carboxylic acids is 1. The van der Waals surface area contributed by atoms with Gasteiger partial charge in [0.15, 0.2) is 0 Å². The minimum absolute atomic E-state index is 0.0854. The van der Waals surface area contributed by atoms with E-state index in [4.69, 9.17) is 0 Å². The molecule has 0 radical (unpaired) electrons. The maximum absolute atomic E-state index is 12.1. The van der Waals surface area contributed by atoms with Crippen molar-refractivity contribution in [3.63, 3.8) is 0 Å². The summed E-state index contributed by atoms with van der Waals surface area (Å²) < 4.78 is 24.8. The number of amides is 2. The molecule has 2 heterocycles. The van der Waals surface area contributed by atoms with Crippen LogP contribution in [0.15, 0.2) is 0 Å². The first-order valence-electron chi connectivity index (χ1n) is 7.57. The van der Waals surface area contributed by atoms with Crippen LogP contribution in [-0.2, 0) is 10.0 Å². The molecule has 2 N–H and O–H groups in total. The molecule has 0 aromatic carbocycles.